The molecule has 0 bridgehead atoms. The van der Waals surface area contributed by atoms with Crippen LogP contribution in [0, 0.1) is 0 Å². The predicted molar refractivity (Wildman–Crippen MR) is 103 cm³/mol. The van der Waals surface area contributed by atoms with Crippen LogP contribution in [0.4, 0.5) is 11.4 Å². The minimum atomic E-state index is -0.298. The first-order chi connectivity index (χ1) is 11.6. The van der Waals surface area contributed by atoms with Crippen molar-refractivity contribution in [1.82, 2.24) is 5.32 Å². The largest absolute Gasteiger partial charge is 0.332 e. The Labute approximate surface area is 149 Å². The molecule has 2 aromatic rings. The zero-order chi connectivity index (χ0) is 17.4. The highest BCUT2D eigenvalue weighted by atomic mass is 32.1. The van der Waals surface area contributed by atoms with E-state index in [2.05, 4.69) is 16.0 Å². The topological polar surface area (TPSA) is 70.2 Å². The summed E-state index contributed by atoms with van der Waals surface area (Å²) >= 11 is 6.65. The SMILES string of the molecule is CCC(=O)Nc1ccc(NC(=S)NC(=O)/C=C/c2cccs2)cc1. The molecule has 0 aliphatic rings. The fraction of sp³-hybridized carbons (Fsp3) is 0.118. The van der Waals surface area contributed by atoms with Gasteiger partial charge in [0.05, 0.1) is 0 Å². The van der Waals surface area contributed by atoms with Crippen LogP contribution in [0.15, 0.2) is 47.9 Å². The molecule has 3 N–H and O–H groups in total. The van der Waals surface area contributed by atoms with Crippen LogP contribution in [0.3, 0.4) is 0 Å². The standard InChI is InChI=1S/C17H17N3O2S2/c1-2-15(21)18-12-5-7-13(8-6-12)19-17(23)20-16(22)10-9-14-4-3-11-24-14/h3-11H,2H2,1H3,(H,18,21)(H2,19,20,22,23)/b10-9+. The molecular formula is C17H17N3O2S2. The van der Waals surface area contributed by atoms with E-state index in [9.17, 15) is 9.59 Å². The van der Waals surface area contributed by atoms with E-state index in [1.54, 1.807) is 48.6 Å². The Hall–Kier alpha value is -2.51. The Bertz CT molecular complexity index is 738. The zero-order valence-electron chi connectivity index (χ0n) is 13.0. The van der Waals surface area contributed by atoms with Crippen molar-refractivity contribution in [1.29, 1.82) is 0 Å². The number of carbonyl (C=O) groups excluding carboxylic acids is 2. The number of hydrogen-bond donors (Lipinski definition) is 3. The van der Waals surface area contributed by atoms with Gasteiger partial charge in [0.25, 0.3) is 0 Å². The number of amides is 2. The van der Waals surface area contributed by atoms with E-state index in [-0.39, 0.29) is 16.9 Å². The average molecular weight is 359 g/mol. The van der Waals surface area contributed by atoms with Gasteiger partial charge in [0, 0.05) is 28.7 Å². The van der Waals surface area contributed by atoms with E-state index in [4.69, 9.17) is 12.2 Å². The lowest BCUT2D eigenvalue weighted by Crippen LogP contribution is -2.32. The molecule has 1 aromatic carbocycles. The van der Waals surface area contributed by atoms with Gasteiger partial charge < -0.3 is 10.6 Å². The summed E-state index contributed by atoms with van der Waals surface area (Å²) in [6, 6.07) is 10.9. The van der Waals surface area contributed by atoms with Crippen molar-refractivity contribution < 1.29 is 9.59 Å². The molecule has 0 aliphatic carbocycles. The minimum absolute atomic E-state index is 0.0454. The number of nitrogens with one attached hydrogen (secondary N) is 3. The number of anilines is 2. The van der Waals surface area contributed by atoms with Crippen molar-refractivity contribution in [3.8, 4) is 0 Å². The number of benzene rings is 1. The molecule has 0 radical (unpaired) electrons. The van der Waals surface area contributed by atoms with Crippen molar-refractivity contribution >= 4 is 57.9 Å². The van der Waals surface area contributed by atoms with Gasteiger partial charge in [0.15, 0.2) is 5.11 Å². The summed E-state index contributed by atoms with van der Waals surface area (Å²) in [5.74, 6) is -0.344. The summed E-state index contributed by atoms with van der Waals surface area (Å²) in [4.78, 5) is 24.1. The van der Waals surface area contributed by atoms with Crippen molar-refractivity contribution in [2.75, 3.05) is 10.6 Å². The molecule has 0 aliphatic heterocycles. The average Bonchev–Trinajstić information content (AvgIpc) is 3.08. The highest BCUT2D eigenvalue weighted by molar-refractivity contribution is 7.80. The Kier molecular flexibility index (Phi) is 6.65. The Morgan fingerprint density at radius 3 is 2.38 bits per heavy atom. The summed E-state index contributed by atoms with van der Waals surface area (Å²) in [7, 11) is 0. The van der Waals surface area contributed by atoms with Gasteiger partial charge in [-0.2, -0.15) is 0 Å². The predicted octanol–water partition coefficient (Wildman–Crippen LogP) is 3.62. The van der Waals surface area contributed by atoms with Gasteiger partial charge in [-0.3, -0.25) is 14.9 Å². The van der Waals surface area contributed by atoms with Crippen LogP contribution in [0.5, 0.6) is 0 Å². The van der Waals surface area contributed by atoms with Crippen LogP contribution in [0.25, 0.3) is 6.08 Å². The first-order valence-electron chi connectivity index (χ1n) is 7.30. The van der Waals surface area contributed by atoms with Gasteiger partial charge in [0.1, 0.15) is 0 Å². The fourth-order valence-corrected chi connectivity index (χ4v) is 2.58. The van der Waals surface area contributed by atoms with Gasteiger partial charge >= 0.3 is 0 Å². The molecule has 1 heterocycles. The number of hydrogen-bond acceptors (Lipinski definition) is 4. The van der Waals surface area contributed by atoms with Crippen LogP contribution in [0.1, 0.15) is 18.2 Å². The van der Waals surface area contributed by atoms with E-state index in [1.165, 1.54) is 6.08 Å². The Morgan fingerprint density at radius 1 is 1.12 bits per heavy atom. The smallest absolute Gasteiger partial charge is 0.250 e. The molecule has 5 nitrogen and oxygen atoms in total. The normalized spacial score (nSPS) is 10.4. The third-order valence-electron chi connectivity index (χ3n) is 2.93. The van der Waals surface area contributed by atoms with E-state index in [1.807, 2.05) is 17.5 Å². The van der Waals surface area contributed by atoms with E-state index < -0.39 is 0 Å². The summed E-state index contributed by atoms with van der Waals surface area (Å²) in [6.07, 6.45) is 3.59. The highest BCUT2D eigenvalue weighted by Gasteiger charge is 2.03. The molecule has 24 heavy (non-hydrogen) atoms. The maximum Gasteiger partial charge on any atom is 0.250 e. The molecular weight excluding hydrogens is 342 g/mol. The summed E-state index contributed by atoms with van der Waals surface area (Å²) in [5, 5.41) is 10.4. The molecule has 2 amide bonds. The van der Waals surface area contributed by atoms with Gasteiger partial charge in [-0.05, 0) is 54.0 Å². The summed E-state index contributed by atoms with van der Waals surface area (Å²) < 4.78 is 0. The second-order valence-corrected chi connectivity index (χ2v) is 6.16. The zero-order valence-corrected chi connectivity index (χ0v) is 14.7. The Balaban J connectivity index is 1.83. The van der Waals surface area contributed by atoms with E-state index in [0.717, 1.165) is 10.6 Å². The molecule has 0 saturated heterocycles. The van der Waals surface area contributed by atoms with Crippen LogP contribution >= 0.6 is 23.6 Å². The van der Waals surface area contributed by atoms with E-state index >= 15 is 0 Å². The Morgan fingerprint density at radius 2 is 1.79 bits per heavy atom. The lowest BCUT2D eigenvalue weighted by Gasteiger charge is -2.09. The minimum Gasteiger partial charge on any atom is -0.332 e. The number of thiophene rings is 1. The van der Waals surface area contributed by atoms with Crippen molar-refractivity contribution in [3.63, 3.8) is 0 Å². The second kappa shape index (κ2) is 8.95. The van der Waals surface area contributed by atoms with Gasteiger partial charge in [-0.1, -0.05) is 13.0 Å². The van der Waals surface area contributed by atoms with Crippen molar-refractivity contribution in [3.05, 3.63) is 52.7 Å². The van der Waals surface area contributed by atoms with Crippen LogP contribution in [-0.4, -0.2) is 16.9 Å². The molecule has 7 heteroatoms. The van der Waals surface area contributed by atoms with Crippen LogP contribution < -0.4 is 16.0 Å². The second-order valence-electron chi connectivity index (χ2n) is 4.77. The molecule has 0 atom stereocenters. The third kappa shape index (κ3) is 5.94. The fourth-order valence-electron chi connectivity index (χ4n) is 1.75. The number of thiocarbonyl (C=S) groups is 1. The number of carbonyl (C=O) groups is 2. The summed E-state index contributed by atoms with van der Waals surface area (Å²) in [5.41, 5.74) is 1.43. The van der Waals surface area contributed by atoms with Crippen LogP contribution in [-0.2, 0) is 9.59 Å². The maximum absolute atomic E-state index is 11.8. The van der Waals surface area contributed by atoms with Gasteiger partial charge in [-0.25, -0.2) is 0 Å². The lowest BCUT2D eigenvalue weighted by atomic mass is 10.2. The quantitative estimate of drug-likeness (QED) is 0.563. The molecule has 0 saturated carbocycles. The van der Waals surface area contributed by atoms with Gasteiger partial charge in [0.2, 0.25) is 11.8 Å². The van der Waals surface area contributed by atoms with E-state index in [0.29, 0.717) is 12.1 Å². The van der Waals surface area contributed by atoms with Crippen LogP contribution in [0.2, 0.25) is 0 Å². The highest BCUT2D eigenvalue weighted by Crippen LogP contribution is 2.14. The maximum atomic E-state index is 11.8. The van der Waals surface area contributed by atoms with Crippen molar-refractivity contribution in [2.45, 2.75) is 13.3 Å². The first kappa shape index (κ1) is 17.8. The molecule has 0 fully saturated rings. The molecule has 124 valence electrons. The monoisotopic (exact) mass is 359 g/mol. The number of rotatable bonds is 5. The molecule has 2 rings (SSSR count). The summed E-state index contributed by atoms with van der Waals surface area (Å²) in [6.45, 7) is 1.79. The lowest BCUT2D eigenvalue weighted by molar-refractivity contribution is -0.116. The first-order valence-corrected chi connectivity index (χ1v) is 8.59. The third-order valence-corrected chi connectivity index (χ3v) is 3.97. The molecule has 1 aromatic heterocycles. The van der Waals surface area contributed by atoms with Crippen molar-refractivity contribution in [2.24, 2.45) is 0 Å². The molecule has 0 spiro atoms. The molecule has 0 unspecified atom stereocenters. The van der Waals surface area contributed by atoms with Gasteiger partial charge in [-0.15, -0.1) is 11.3 Å².